The molecule has 164 valence electrons. The van der Waals surface area contributed by atoms with Crippen LogP contribution < -0.4 is 10.9 Å². The summed E-state index contributed by atoms with van der Waals surface area (Å²) >= 11 is 0. The minimum Gasteiger partial charge on any atom is -0.324 e. The van der Waals surface area contributed by atoms with Gasteiger partial charge in [-0.25, -0.2) is 9.49 Å². The number of benzene rings is 2. The summed E-state index contributed by atoms with van der Waals surface area (Å²) in [7, 11) is 0. The molecule has 0 radical (unpaired) electrons. The van der Waals surface area contributed by atoms with Gasteiger partial charge in [-0.3, -0.25) is 9.59 Å². The van der Waals surface area contributed by atoms with Gasteiger partial charge in [-0.15, -0.1) is 12.4 Å². The topological polar surface area (TPSA) is 78.1 Å². The summed E-state index contributed by atoms with van der Waals surface area (Å²) in [6, 6.07) is 11.6. The third-order valence-corrected chi connectivity index (χ3v) is 5.54. The van der Waals surface area contributed by atoms with Crippen LogP contribution >= 0.6 is 12.4 Å². The lowest BCUT2D eigenvalue weighted by Crippen LogP contribution is -2.21. The maximum atomic E-state index is 14.3. The van der Waals surface area contributed by atoms with Crippen molar-refractivity contribution >= 4 is 34.8 Å². The predicted molar refractivity (Wildman–Crippen MR) is 123 cm³/mol. The van der Waals surface area contributed by atoms with E-state index in [1.165, 1.54) is 18.9 Å². The van der Waals surface area contributed by atoms with Gasteiger partial charge in [0.1, 0.15) is 5.82 Å². The minimum absolute atomic E-state index is 0. The molecule has 2 N–H and O–H groups in total. The molecule has 0 saturated carbocycles. The van der Waals surface area contributed by atoms with E-state index < -0.39 is 5.82 Å². The minimum atomic E-state index is -0.502. The Bertz CT molecular complexity index is 1110. The van der Waals surface area contributed by atoms with Crippen molar-refractivity contribution in [1.82, 2.24) is 15.1 Å². The standard InChI is InChI=1S/C23H25FN4O2.ClH/c24-19-11-10-16(22-17-7-1-2-8-18(17)23(30)27-26-22)15-20(19)25-21(29)9-3-4-12-28-13-5-6-14-28;/h1-2,7-8,10-11,15H,3-6,9,12-14H2,(H,25,29)(H,27,30);1H. The van der Waals surface area contributed by atoms with Crippen LogP contribution in [0.2, 0.25) is 0 Å². The Morgan fingerprint density at radius 1 is 1.10 bits per heavy atom. The Morgan fingerprint density at radius 2 is 1.84 bits per heavy atom. The molecule has 1 aromatic heterocycles. The third-order valence-electron chi connectivity index (χ3n) is 5.54. The molecule has 0 unspecified atom stereocenters. The van der Waals surface area contributed by atoms with Crippen molar-refractivity contribution in [2.45, 2.75) is 32.1 Å². The number of carbonyl (C=O) groups is 1. The van der Waals surface area contributed by atoms with Crippen molar-refractivity contribution in [1.29, 1.82) is 0 Å². The van der Waals surface area contributed by atoms with Gasteiger partial charge < -0.3 is 10.2 Å². The van der Waals surface area contributed by atoms with E-state index in [0.717, 1.165) is 32.5 Å². The molecular weight excluding hydrogens is 419 g/mol. The Labute approximate surface area is 186 Å². The Hall–Kier alpha value is -2.77. The lowest BCUT2D eigenvalue weighted by molar-refractivity contribution is -0.116. The zero-order chi connectivity index (χ0) is 20.9. The highest BCUT2D eigenvalue weighted by Gasteiger charge is 2.14. The number of rotatable bonds is 7. The number of aromatic nitrogens is 2. The van der Waals surface area contributed by atoms with Gasteiger partial charge in [0.15, 0.2) is 0 Å². The Morgan fingerprint density at radius 3 is 2.61 bits per heavy atom. The van der Waals surface area contributed by atoms with Crippen molar-refractivity contribution < 1.29 is 9.18 Å². The molecule has 1 aliphatic heterocycles. The van der Waals surface area contributed by atoms with E-state index in [0.29, 0.717) is 28.5 Å². The second-order valence-corrected chi connectivity index (χ2v) is 7.70. The van der Waals surface area contributed by atoms with Crippen molar-refractivity contribution in [3.63, 3.8) is 0 Å². The smallest absolute Gasteiger partial charge is 0.272 e. The Balaban J connectivity index is 0.00000272. The van der Waals surface area contributed by atoms with Gasteiger partial charge in [0.05, 0.1) is 16.8 Å². The summed E-state index contributed by atoms with van der Waals surface area (Å²) in [6.45, 7) is 3.32. The highest BCUT2D eigenvalue weighted by Crippen LogP contribution is 2.28. The number of H-pyrrole nitrogens is 1. The molecule has 8 heteroatoms. The molecule has 1 amide bonds. The zero-order valence-corrected chi connectivity index (χ0v) is 18.0. The monoisotopic (exact) mass is 444 g/mol. The second kappa shape index (κ2) is 10.5. The largest absolute Gasteiger partial charge is 0.324 e. The lowest BCUT2D eigenvalue weighted by atomic mass is 10.0. The first kappa shape index (κ1) is 22.9. The van der Waals surface area contributed by atoms with Crippen LogP contribution in [-0.4, -0.2) is 40.6 Å². The van der Waals surface area contributed by atoms with Crippen LogP contribution in [0.4, 0.5) is 10.1 Å². The number of unbranched alkanes of at least 4 members (excludes halogenated alkanes) is 1. The number of likely N-dealkylation sites (tertiary alicyclic amines) is 1. The molecule has 1 saturated heterocycles. The van der Waals surface area contributed by atoms with Crippen LogP contribution in [-0.2, 0) is 4.79 Å². The molecular formula is C23H26ClFN4O2. The maximum absolute atomic E-state index is 14.3. The zero-order valence-electron chi connectivity index (χ0n) is 17.2. The van der Waals surface area contributed by atoms with E-state index in [2.05, 4.69) is 20.4 Å². The van der Waals surface area contributed by atoms with Gasteiger partial charge in [-0.2, -0.15) is 5.10 Å². The summed E-state index contributed by atoms with van der Waals surface area (Å²) in [5.41, 5.74) is 0.993. The highest BCUT2D eigenvalue weighted by molar-refractivity contribution is 5.95. The van der Waals surface area contributed by atoms with Gasteiger partial charge in [-0.1, -0.05) is 18.2 Å². The SMILES string of the molecule is Cl.O=C(CCCCN1CCCC1)Nc1cc(-c2n[nH]c(=O)c3ccccc23)ccc1F. The van der Waals surface area contributed by atoms with Crippen molar-refractivity contribution in [2.75, 3.05) is 25.0 Å². The van der Waals surface area contributed by atoms with Crippen molar-refractivity contribution in [2.24, 2.45) is 0 Å². The van der Waals surface area contributed by atoms with Crippen LogP contribution in [0.1, 0.15) is 32.1 Å². The first-order valence-corrected chi connectivity index (χ1v) is 10.4. The quantitative estimate of drug-likeness (QED) is 0.531. The molecule has 0 aliphatic carbocycles. The van der Waals surface area contributed by atoms with Crippen LogP contribution in [0.25, 0.3) is 22.0 Å². The number of carbonyl (C=O) groups excluding carboxylic acids is 1. The number of hydrogen-bond donors (Lipinski definition) is 2. The fraction of sp³-hybridized carbons (Fsp3) is 0.348. The van der Waals surface area contributed by atoms with E-state index >= 15 is 0 Å². The summed E-state index contributed by atoms with van der Waals surface area (Å²) in [5, 5.41) is 10.5. The van der Waals surface area contributed by atoms with Crippen LogP contribution in [0.15, 0.2) is 47.3 Å². The van der Waals surface area contributed by atoms with Crippen LogP contribution in [0.3, 0.4) is 0 Å². The van der Waals surface area contributed by atoms with E-state index in [4.69, 9.17) is 0 Å². The molecule has 4 rings (SSSR count). The van der Waals surface area contributed by atoms with Crippen molar-refractivity contribution in [3.8, 4) is 11.3 Å². The van der Waals surface area contributed by atoms with Gasteiger partial charge >= 0.3 is 0 Å². The third kappa shape index (κ3) is 5.48. The fourth-order valence-electron chi connectivity index (χ4n) is 3.94. The summed E-state index contributed by atoms with van der Waals surface area (Å²) in [5.74, 6) is -0.704. The fourth-order valence-corrected chi connectivity index (χ4v) is 3.94. The number of hydrogen-bond acceptors (Lipinski definition) is 4. The molecule has 0 bridgehead atoms. The van der Waals surface area contributed by atoms with Gasteiger partial charge in [0.2, 0.25) is 5.91 Å². The normalized spacial score (nSPS) is 13.8. The van der Waals surface area contributed by atoms with Gasteiger partial charge in [0.25, 0.3) is 5.56 Å². The molecule has 3 aromatic rings. The summed E-state index contributed by atoms with van der Waals surface area (Å²) in [4.78, 5) is 26.7. The second-order valence-electron chi connectivity index (χ2n) is 7.70. The number of amides is 1. The lowest BCUT2D eigenvalue weighted by Gasteiger charge is -2.14. The summed E-state index contributed by atoms with van der Waals surface area (Å²) in [6.07, 6.45) is 4.61. The molecule has 1 aliphatic rings. The van der Waals surface area contributed by atoms with Gasteiger partial charge in [-0.05, 0) is 69.6 Å². The first-order chi connectivity index (χ1) is 14.6. The molecule has 31 heavy (non-hydrogen) atoms. The number of nitrogens with one attached hydrogen (secondary N) is 2. The summed E-state index contributed by atoms with van der Waals surface area (Å²) < 4.78 is 14.3. The molecule has 6 nitrogen and oxygen atoms in total. The molecule has 2 aromatic carbocycles. The maximum Gasteiger partial charge on any atom is 0.272 e. The Kier molecular flexibility index (Phi) is 7.76. The number of fused-ring (bicyclic) bond motifs is 1. The van der Waals surface area contributed by atoms with E-state index in [-0.39, 0.29) is 29.6 Å². The number of halogens is 2. The number of nitrogens with zero attached hydrogens (tertiary/aromatic N) is 2. The van der Waals surface area contributed by atoms with E-state index in [1.54, 1.807) is 30.3 Å². The van der Waals surface area contributed by atoms with E-state index in [9.17, 15) is 14.0 Å². The highest BCUT2D eigenvalue weighted by atomic mass is 35.5. The first-order valence-electron chi connectivity index (χ1n) is 10.4. The molecule has 2 heterocycles. The predicted octanol–water partition coefficient (Wildman–Crippen LogP) is 4.36. The van der Waals surface area contributed by atoms with Crippen LogP contribution in [0, 0.1) is 5.82 Å². The van der Waals surface area contributed by atoms with Crippen molar-refractivity contribution in [3.05, 3.63) is 58.6 Å². The molecule has 0 spiro atoms. The average Bonchev–Trinajstić information content (AvgIpc) is 3.27. The number of anilines is 1. The molecule has 1 fully saturated rings. The number of aromatic amines is 1. The molecule has 0 atom stereocenters. The van der Waals surface area contributed by atoms with Crippen LogP contribution in [0.5, 0.6) is 0 Å². The average molecular weight is 445 g/mol. The van der Waals surface area contributed by atoms with Gasteiger partial charge in [0, 0.05) is 17.4 Å². The van der Waals surface area contributed by atoms with E-state index in [1.807, 2.05) is 6.07 Å².